The molecule has 0 unspecified atom stereocenters. The van der Waals surface area contributed by atoms with Crippen molar-refractivity contribution in [3.05, 3.63) is 41.6 Å². The minimum Gasteiger partial charge on any atom is -0.334 e. The second kappa shape index (κ2) is 4.82. The van der Waals surface area contributed by atoms with Crippen molar-refractivity contribution in [3.63, 3.8) is 0 Å². The second-order valence-electron chi connectivity index (χ2n) is 5.21. The Kier molecular flexibility index (Phi) is 2.82. The fourth-order valence-corrected chi connectivity index (χ4v) is 2.59. The SMILES string of the molecule is Cn1ccc(-c2noc(-c3ccc4c(c3)CNCC4)n2)n1. The number of aromatic nitrogens is 4. The minimum absolute atomic E-state index is 0.515. The van der Waals surface area contributed by atoms with Crippen molar-refractivity contribution in [1.29, 1.82) is 0 Å². The predicted molar refractivity (Wildman–Crippen MR) is 77.3 cm³/mol. The molecule has 1 aliphatic heterocycles. The van der Waals surface area contributed by atoms with Crippen LogP contribution in [-0.2, 0) is 20.0 Å². The second-order valence-corrected chi connectivity index (χ2v) is 5.21. The number of nitrogens with zero attached hydrogens (tertiary/aromatic N) is 4. The molecule has 106 valence electrons. The van der Waals surface area contributed by atoms with Crippen molar-refractivity contribution < 1.29 is 4.52 Å². The van der Waals surface area contributed by atoms with E-state index in [0.717, 1.165) is 25.1 Å². The van der Waals surface area contributed by atoms with Crippen molar-refractivity contribution in [3.8, 4) is 23.0 Å². The molecule has 3 heterocycles. The molecule has 3 aromatic rings. The Morgan fingerprint density at radius 2 is 2.19 bits per heavy atom. The summed E-state index contributed by atoms with van der Waals surface area (Å²) in [5, 5.41) is 11.7. The highest BCUT2D eigenvalue weighted by Crippen LogP contribution is 2.24. The molecule has 0 amide bonds. The highest BCUT2D eigenvalue weighted by molar-refractivity contribution is 5.59. The standard InChI is InChI=1S/C15H15N5O/c1-20-7-5-13(18-20)14-17-15(21-19-14)11-3-2-10-4-6-16-9-12(10)8-11/h2-3,5,7-8,16H,4,6,9H2,1H3. The van der Waals surface area contributed by atoms with Crippen molar-refractivity contribution >= 4 is 0 Å². The number of aryl methyl sites for hydroxylation is 1. The Labute approximate surface area is 121 Å². The third-order valence-corrected chi connectivity index (χ3v) is 3.71. The van der Waals surface area contributed by atoms with Gasteiger partial charge in [0.05, 0.1) is 0 Å². The van der Waals surface area contributed by atoms with Gasteiger partial charge in [0.15, 0.2) is 0 Å². The van der Waals surface area contributed by atoms with Crippen molar-refractivity contribution in [2.75, 3.05) is 6.54 Å². The fourth-order valence-electron chi connectivity index (χ4n) is 2.59. The lowest BCUT2D eigenvalue weighted by Gasteiger charge is -2.16. The van der Waals surface area contributed by atoms with Gasteiger partial charge in [-0.25, -0.2) is 0 Å². The lowest BCUT2D eigenvalue weighted by atomic mass is 9.98. The summed E-state index contributed by atoms with van der Waals surface area (Å²) >= 11 is 0. The van der Waals surface area contributed by atoms with Crippen LogP contribution in [0, 0.1) is 0 Å². The van der Waals surface area contributed by atoms with Crippen LogP contribution >= 0.6 is 0 Å². The van der Waals surface area contributed by atoms with E-state index in [1.165, 1.54) is 11.1 Å². The largest absolute Gasteiger partial charge is 0.334 e. The Hall–Kier alpha value is -2.47. The minimum atomic E-state index is 0.515. The van der Waals surface area contributed by atoms with Crippen LogP contribution < -0.4 is 5.32 Å². The maximum absolute atomic E-state index is 5.37. The van der Waals surface area contributed by atoms with E-state index in [0.29, 0.717) is 17.4 Å². The van der Waals surface area contributed by atoms with E-state index in [9.17, 15) is 0 Å². The molecule has 6 nitrogen and oxygen atoms in total. The number of benzene rings is 1. The zero-order valence-corrected chi connectivity index (χ0v) is 11.7. The third-order valence-electron chi connectivity index (χ3n) is 3.71. The van der Waals surface area contributed by atoms with Crippen LogP contribution in [0.25, 0.3) is 23.0 Å². The van der Waals surface area contributed by atoms with Crippen molar-refractivity contribution in [1.82, 2.24) is 25.2 Å². The van der Waals surface area contributed by atoms with Gasteiger partial charge >= 0.3 is 0 Å². The Balaban J connectivity index is 1.69. The summed E-state index contributed by atoms with van der Waals surface area (Å²) in [6, 6.07) is 8.18. The van der Waals surface area contributed by atoms with E-state index in [4.69, 9.17) is 4.52 Å². The molecular weight excluding hydrogens is 266 g/mol. The summed E-state index contributed by atoms with van der Waals surface area (Å²) in [6.45, 7) is 1.93. The van der Waals surface area contributed by atoms with Gasteiger partial charge in [-0.15, -0.1) is 0 Å². The molecule has 6 heteroatoms. The van der Waals surface area contributed by atoms with Gasteiger partial charge in [-0.1, -0.05) is 11.2 Å². The van der Waals surface area contributed by atoms with Gasteiger partial charge in [0, 0.05) is 25.4 Å². The molecule has 0 saturated heterocycles. The molecule has 4 rings (SSSR count). The molecule has 0 radical (unpaired) electrons. The molecule has 1 N–H and O–H groups in total. The monoisotopic (exact) mass is 281 g/mol. The number of rotatable bonds is 2. The molecule has 2 aromatic heterocycles. The summed E-state index contributed by atoms with van der Waals surface area (Å²) in [5.74, 6) is 1.05. The molecule has 21 heavy (non-hydrogen) atoms. The highest BCUT2D eigenvalue weighted by Gasteiger charge is 2.15. The average molecular weight is 281 g/mol. The topological polar surface area (TPSA) is 68.8 Å². The van der Waals surface area contributed by atoms with Crippen LogP contribution in [0.15, 0.2) is 35.0 Å². The summed E-state index contributed by atoms with van der Waals surface area (Å²) in [6.07, 6.45) is 2.93. The van der Waals surface area contributed by atoms with Crippen molar-refractivity contribution in [2.45, 2.75) is 13.0 Å². The smallest absolute Gasteiger partial charge is 0.258 e. The molecule has 0 saturated carbocycles. The zero-order valence-electron chi connectivity index (χ0n) is 11.7. The molecule has 0 spiro atoms. The van der Waals surface area contributed by atoms with Gasteiger partial charge in [-0.2, -0.15) is 10.1 Å². The van der Waals surface area contributed by atoms with Crippen LogP contribution in [0.5, 0.6) is 0 Å². The van der Waals surface area contributed by atoms with Crippen LogP contribution in [0.3, 0.4) is 0 Å². The molecule has 1 aliphatic rings. The van der Waals surface area contributed by atoms with Crippen molar-refractivity contribution in [2.24, 2.45) is 7.05 Å². The predicted octanol–water partition coefficient (Wildman–Crippen LogP) is 1.78. The fraction of sp³-hybridized carbons (Fsp3) is 0.267. The highest BCUT2D eigenvalue weighted by atomic mass is 16.5. The lowest BCUT2D eigenvalue weighted by Crippen LogP contribution is -2.23. The maximum atomic E-state index is 5.37. The first-order valence-corrected chi connectivity index (χ1v) is 6.96. The van der Waals surface area contributed by atoms with Crippen LogP contribution in [0.4, 0.5) is 0 Å². The normalized spacial score (nSPS) is 14.1. The zero-order chi connectivity index (χ0) is 14.2. The quantitative estimate of drug-likeness (QED) is 0.775. The first-order valence-electron chi connectivity index (χ1n) is 6.96. The van der Waals surface area contributed by atoms with Crippen LogP contribution in [-0.4, -0.2) is 26.5 Å². The Morgan fingerprint density at radius 3 is 3.05 bits per heavy atom. The van der Waals surface area contributed by atoms with Crippen LogP contribution in [0.2, 0.25) is 0 Å². The van der Waals surface area contributed by atoms with Gasteiger partial charge < -0.3 is 9.84 Å². The summed E-state index contributed by atoms with van der Waals surface area (Å²) in [4.78, 5) is 4.44. The van der Waals surface area contributed by atoms with E-state index in [-0.39, 0.29) is 0 Å². The number of hydrogen-bond donors (Lipinski definition) is 1. The summed E-state index contributed by atoms with van der Waals surface area (Å²) in [5.41, 5.74) is 4.36. The molecule has 0 atom stereocenters. The summed E-state index contributed by atoms with van der Waals surface area (Å²) < 4.78 is 7.09. The number of nitrogens with one attached hydrogen (secondary N) is 1. The summed E-state index contributed by atoms with van der Waals surface area (Å²) in [7, 11) is 1.86. The molecule has 0 bridgehead atoms. The molecule has 1 aromatic carbocycles. The maximum Gasteiger partial charge on any atom is 0.258 e. The van der Waals surface area contributed by atoms with E-state index < -0.39 is 0 Å². The lowest BCUT2D eigenvalue weighted by molar-refractivity contribution is 0.432. The van der Waals surface area contributed by atoms with E-state index in [1.54, 1.807) is 4.68 Å². The van der Waals surface area contributed by atoms with Gasteiger partial charge in [0.1, 0.15) is 5.69 Å². The first kappa shape index (κ1) is 12.3. The Bertz CT molecular complexity index is 789. The van der Waals surface area contributed by atoms with Crippen LogP contribution in [0.1, 0.15) is 11.1 Å². The molecule has 0 aliphatic carbocycles. The van der Waals surface area contributed by atoms with E-state index in [1.807, 2.05) is 25.4 Å². The number of hydrogen-bond acceptors (Lipinski definition) is 5. The first-order chi connectivity index (χ1) is 10.3. The van der Waals surface area contributed by atoms with Gasteiger partial charge in [0.25, 0.3) is 5.89 Å². The third kappa shape index (κ3) is 2.23. The Morgan fingerprint density at radius 1 is 1.24 bits per heavy atom. The number of fused-ring (bicyclic) bond motifs is 1. The van der Waals surface area contributed by atoms with Gasteiger partial charge in [0.2, 0.25) is 5.82 Å². The van der Waals surface area contributed by atoms with E-state index in [2.05, 4.69) is 32.7 Å². The van der Waals surface area contributed by atoms with Gasteiger partial charge in [-0.05, 0) is 42.3 Å². The average Bonchev–Trinajstić information content (AvgIpc) is 3.15. The molecule has 0 fully saturated rings. The molecular formula is C15H15N5O. The van der Waals surface area contributed by atoms with E-state index >= 15 is 0 Å². The van der Waals surface area contributed by atoms with Gasteiger partial charge in [-0.3, -0.25) is 4.68 Å².